The lowest BCUT2D eigenvalue weighted by atomic mass is 9.96. The van der Waals surface area contributed by atoms with Gasteiger partial charge in [-0.05, 0) is 31.4 Å². The number of amides is 1. The Labute approximate surface area is 150 Å². The molecule has 1 heterocycles. The molecule has 0 aliphatic heterocycles. The molecule has 25 heavy (non-hydrogen) atoms. The molecule has 1 aliphatic rings. The number of aromatic nitrogens is 1. The molecule has 1 amide bonds. The van der Waals surface area contributed by atoms with Gasteiger partial charge in [0.25, 0.3) is 5.91 Å². The van der Waals surface area contributed by atoms with Crippen LogP contribution in [0.1, 0.15) is 50.2 Å². The maximum Gasteiger partial charge on any atom is 0.270 e. The molecular weight excluding hydrogens is 308 g/mol. The van der Waals surface area contributed by atoms with Crippen molar-refractivity contribution in [2.75, 3.05) is 0 Å². The van der Waals surface area contributed by atoms with Gasteiger partial charge in [-0.1, -0.05) is 63.0 Å². The van der Waals surface area contributed by atoms with Gasteiger partial charge in [-0.3, -0.25) is 4.79 Å². The van der Waals surface area contributed by atoms with Crippen molar-refractivity contribution in [3.8, 4) is 11.8 Å². The van der Waals surface area contributed by atoms with Gasteiger partial charge in [-0.25, -0.2) is 4.98 Å². The first-order valence-electron chi connectivity index (χ1n) is 8.85. The largest absolute Gasteiger partial charge is 0.348 e. The number of hydrogen-bond acceptors (Lipinski definition) is 2. The van der Waals surface area contributed by atoms with E-state index in [0.29, 0.717) is 17.5 Å². The van der Waals surface area contributed by atoms with Crippen molar-refractivity contribution in [3.63, 3.8) is 0 Å². The van der Waals surface area contributed by atoms with Crippen LogP contribution >= 0.6 is 0 Å². The highest BCUT2D eigenvalue weighted by Gasteiger charge is 2.13. The van der Waals surface area contributed by atoms with E-state index in [0.717, 1.165) is 17.6 Å². The predicted octanol–water partition coefficient (Wildman–Crippen LogP) is 4.29. The average Bonchev–Trinajstić information content (AvgIpc) is 2.85. The third-order valence-electron chi connectivity index (χ3n) is 4.39. The standard InChI is InChI=1S/C22H26N2O/c1-5-19-9-7-6-8-10-20(19)13-11-18-12-14-21(23-15-18)22(25)24-17(4)16(2)3/h6-10,12,14-17,19H,5H2,1-4H3,(H,24,25). The molecule has 0 radical (unpaired) electrons. The number of nitrogens with zero attached hydrogens (tertiary/aromatic N) is 1. The highest BCUT2D eigenvalue weighted by atomic mass is 16.1. The van der Waals surface area contributed by atoms with E-state index in [4.69, 9.17) is 0 Å². The van der Waals surface area contributed by atoms with Crippen molar-refractivity contribution in [2.45, 2.75) is 40.2 Å². The molecule has 0 bridgehead atoms. The summed E-state index contributed by atoms with van der Waals surface area (Å²) in [7, 11) is 0. The van der Waals surface area contributed by atoms with E-state index in [1.54, 1.807) is 12.3 Å². The van der Waals surface area contributed by atoms with E-state index < -0.39 is 0 Å². The van der Waals surface area contributed by atoms with Crippen LogP contribution in [0.25, 0.3) is 0 Å². The molecule has 0 aromatic carbocycles. The second kappa shape index (κ2) is 9.03. The molecule has 130 valence electrons. The van der Waals surface area contributed by atoms with Crippen LogP contribution in [0, 0.1) is 23.7 Å². The lowest BCUT2D eigenvalue weighted by Gasteiger charge is -2.16. The molecule has 0 saturated carbocycles. The van der Waals surface area contributed by atoms with E-state index in [2.05, 4.69) is 61.1 Å². The number of pyridine rings is 1. The SMILES string of the molecule is CCC1C=CC=CC=C1C#Cc1ccc(C(=O)NC(C)C(C)C)nc1. The van der Waals surface area contributed by atoms with Gasteiger partial charge >= 0.3 is 0 Å². The Hall–Kier alpha value is -2.60. The summed E-state index contributed by atoms with van der Waals surface area (Å²) >= 11 is 0. The second-order valence-electron chi connectivity index (χ2n) is 6.59. The van der Waals surface area contributed by atoms with Crippen LogP contribution in [0.3, 0.4) is 0 Å². The number of rotatable bonds is 4. The number of carbonyl (C=O) groups is 1. The Bertz CT molecular complexity index is 742. The molecular formula is C22H26N2O. The van der Waals surface area contributed by atoms with Crippen LogP contribution in [-0.2, 0) is 0 Å². The van der Waals surface area contributed by atoms with Gasteiger partial charge in [0.15, 0.2) is 0 Å². The molecule has 2 atom stereocenters. The van der Waals surface area contributed by atoms with E-state index in [1.165, 1.54) is 0 Å². The maximum atomic E-state index is 12.2. The van der Waals surface area contributed by atoms with E-state index >= 15 is 0 Å². The fourth-order valence-electron chi connectivity index (χ4n) is 2.33. The summed E-state index contributed by atoms with van der Waals surface area (Å²) in [5.41, 5.74) is 2.32. The molecule has 0 saturated heterocycles. The maximum absolute atomic E-state index is 12.2. The zero-order valence-electron chi connectivity index (χ0n) is 15.4. The monoisotopic (exact) mass is 334 g/mol. The summed E-state index contributed by atoms with van der Waals surface area (Å²) in [4.78, 5) is 16.4. The normalized spacial score (nSPS) is 17.3. The number of nitrogens with one attached hydrogen (secondary N) is 1. The van der Waals surface area contributed by atoms with Crippen molar-refractivity contribution >= 4 is 5.91 Å². The van der Waals surface area contributed by atoms with Crippen LogP contribution in [0.2, 0.25) is 0 Å². The summed E-state index contributed by atoms with van der Waals surface area (Å²) in [6.07, 6.45) is 13.0. The topological polar surface area (TPSA) is 42.0 Å². The lowest BCUT2D eigenvalue weighted by Crippen LogP contribution is -2.36. The molecule has 3 heteroatoms. The molecule has 3 nitrogen and oxygen atoms in total. The van der Waals surface area contributed by atoms with E-state index in [-0.39, 0.29) is 11.9 Å². The summed E-state index contributed by atoms with van der Waals surface area (Å²) in [6.45, 7) is 8.30. The fourth-order valence-corrected chi connectivity index (χ4v) is 2.33. The van der Waals surface area contributed by atoms with Gasteiger partial charge in [0.05, 0.1) is 0 Å². The molecule has 2 unspecified atom stereocenters. The minimum absolute atomic E-state index is 0.114. The van der Waals surface area contributed by atoms with Gasteiger partial charge in [0.2, 0.25) is 0 Å². The number of hydrogen-bond donors (Lipinski definition) is 1. The van der Waals surface area contributed by atoms with Gasteiger partial charge in [-0.2, -0.15) is 0 Å². The molecule has 1 aliphatic carbocycles. The van der Waals surface area contributed by atoms with Gasteiger partial charge in [0.1, 0.15) is 5.69 Å². The number of allylic oxidation sites excluding steroid dienone is 6. The molecule has 0 fully saturated rings. The van der Waals surface area contributed by atoms with E-state index in [1.807, 2.05) is 25.1 Å². The summed E-state index contributed by atoms with van der Waals surface area (Å²) in [5, 5.41) is 2.96. The first-order chi connectivity index (χ1) is 12.0. The summed E-state index contributed by atoms with van der Waals surface area (Å²) < 4.78 is 0. The quantitative estimate of drug-likeness (QED) is 0.835. The molecule has 1 N–H and O–H groups in total. The number of carbonyl (C=O) groups excluding carboxylic acids is 1. The van der Waals surface area contributed by atoms with Crippen molar-refractivity contribution in [1.29, 1.82) is 0 Å². The van der Waals surface area contributed by atoms with Crippen molar-refractivity contribution in [3.05, 3.63) is 65.5 Å². The van der Waals surface area contributed by atoms with Crippen molar-refractivity contribution < 1.29 is 4.79 Å². The molecule has 1 aromatic rings. The average molecular weight is 334 g/mol. The fraction of sp³-hybridized carbons (Fsp3) is 0.364. The Morgan fingerprint density at radius 2 is 2.00 bits per heavy atom. The third kappa shape index (κ3) is 5.46. The molecule has 2 rings (SSSR count). The molecule has 0 spiro atoms. The van der Waals surface area contributed by atoms with Gasteiger partial charge in [0, 0.05) is 29.3 Å². The Morgan fingerprint density at radius 1 is 1.20 bits per heavy atom. The van der Waals surface area contributed by atoms with Crippen LogP contribution < -0.4 is 5.32 Å². The highest BCUT2D eigenvalue weighted by molar-refractivity contribution is 5.92. The van der Waals surface area contributed by atoms with Gasteiger partial charge in [-0.15, -0.1) is 0 Å². The zero-order chi connectivity index (χ0) is 18.2. The molecule has 1 aromatic heterocycles. The smallest absolute Gasteiger partial charge is 0.270 e. The van der Waals surface area contributed by atoms with E-state index in [9.17, 15) is 4.79 Å². The lowest BCUT2D eigenvalue weighted by molar-refractivity contribution is 0.0925. The Kier molecular flexibility index (Phi) is 6.77. The first-order valence-corrected chi connectivity index (χ1v) is 8.85. The van der Waals surface area contributed by atoms with Crippen molar-refractivity contribution in [2.24, 2.45) is 11.8 Å². The predicted molar refractivity (Wildman–Crippen MR) is 103 cm³/mol. The van der Waals surface area contributed by atoms with Crippen LogP contribution in [0.15, 0.2) is 54.3 Å². The van der Waals surface area contributed by atoms with Crippen molar-refractivity contribution in [1.82, 2.24) is 10.3 Å². The summed E-state index contributed by atoms with van der Waals surface area (Å²) in [5.74, 6) is 6.98. The minimum atomic E-state index is -0.145. The second-order valence-corrected chi connectivity index (χ2v) is 6.59. The third-order valence-corrected chi connectivity index (χ3v) is 4.39. The highest BCUT2D eigenvalue weighted by Crippen LogP contribution is 2.18. The first kappa shape index (κ1) is 18.7. The zero-order valence-corrected chi connectivity index (χ0v) is 15.4. The van der Waals surface area contributed by atoms with Crippen LogP contribution in [-0.4, -0.2) is 16.9 Å². The Balaban J connectivity index is 2.08. The minimum Gasteiger partial charge on any atom is -0.348 e. The Morgan fingerprint density at radius 3 is 2.64 bits per heavy atom. The van der Waals surface area contributed by atoms with Crippen LogP contribution in [0.4, 0.5) is 0 Å². The van der Waals surface area contributed by atoms with Gasteiger partial charge < -0.3 is 5.32 Å². The van der Waals surface area contributed by atoms with Crippen LogP contribution in [0.5, 0.6) is 0 Å². The summed E-state index contributed by atoms with van der Waals surface area (Å²) in [6, 6.07) is 3.69.